The van der Waals surface area contributed by atoms with Crippen molar-refractivity contribution in [3.05, 3.63) is 37.2 Å². The summed E-state index contributed by atoms with van der Waals surface area (Å²) in [4.78, 5) is 40.9. The van der Waals surface area contributed by atoms with E-state index in [2.05, 4.69) is 41.2 Å². The van der Waals surface area contributed by atoms with Crippen molar-refractivity contribution in [2.75, 3.05) is 36.8 Å². The molecule has 10 nitrogen and oxygen atoms in total. The maximum atomic E-state index is 12.3. The van der Waals surface area contributed by atoms with Crippen LogP contribution in [0, 0.1) is 11.8 Å². The third-order valence-electron chi connectivity index (χ3n) is 5.06. The van der Waals surface area contributed by atoms with Crippen LogP contribution < -0.4 is 21.3 Å². The van der Waals surface area contributed by atoms with Gasteiger partial charge >= 0.3 is 0 Å². The summed E-state index contributed by atoms with van der Waals surface area (Å²) in [6, 6.07) is 0. The second-order valence-corrected chi connectivity index (χ2v) is 7.17. The average molecular weight is 412 g/mol. The van der Waals surface area contributed by atoms with Gasteiger partial charge in [0.15, 0.2) is 0 Å². The van der Waals surface area contributed by atoms with Crippen LogP contribution in [0.4, 0.5) is 11.6 Å². The van der Waals surface area contributed by atoms with Gasteiger partial charge in [-0.1, -0.05) is 0 Å². The van der Waals surface area contributed by atoms with E-state index in [0.29, 0.717) is 37.8 Å². The highest BCUT2D eigenvalue weighted by Crippen LogP contribution is 2.29. The second kappa shape index (κ2) is 11.6. The first-order chi connectivity index (χ1) is 14.7. The van der Waals surface area contributed by atoms with E-state index < -0.39 is 0 Å². The summed E-state index contributed by atoms with van der Waals surface area (Å²) in [6.45, 7) is 2.22. The predicted octanol–water partition coefficient (Wildman–Crippen LogP) is 0.829. The zero-order valence-electron chi connectivity index (χ0n) is 16.9. The summed E-state index contributed by atoms with van der Waals surface area (Å²) in [5.74, 6) is 1.44. The van der Waals surface area contributed by atoms with Crippen LogP contribution in [0.1, 0.15) is 25.7 Å². The summed E-state index contributed by atoms with van der Waals surface area (Å²) in [6.07, 6.45) is 12.7. The fourth-order valence-corrected chi connectivity index (χ4v) is 3.44. The normalized spacial score (nSPS) is 18.3. The Morgan fingerprint density at radius 2 is 1.13 bits per heavy atom. The summed E-state index contributed by atoms with van der Waals surface area (Å²) in [7, 11) is 0. The van der Waals surface area contributed by atoms with E-state index in [-0.39, 0.29) is 23.7 Å². The van der Waals surface area contributed by atoms with Crippen LogP contribution in [0.15, 0.2) is 37.2 Å². The average Bonchev–Trinajstić information content (AvgIpc) is 2.81. The van der Waals surface area contributed by atoms with Gasteiger partial charge < -0.3 is 21.3 Å². The third kappa shape index (κ3) is 6.94. The van der Waals surface area contributed by atoms with Crippen LogP contribution >= 0.6 is 0 Å². The van der Waals surface area contributed by atoms with E-state index in [4.69, 9.17) is 0 Å². The highest BCUT2D eigenvalue weighted by atomic mass is 16.2. The van der Waals surface area contributed by atoms with Gasteiger partial charge in [-0.05, 0) is 25.7 Å². The Hall–Kier alpha value is -3.30. The topological polar surface area (TPSA) is 134 Å². The van der Waals surface area contributed by atoms with E-state index in [0.717, 1.165) is 25.7 Å². The van der Waals surface area contributed by atoms with Gasteiger partial charge in [-0.15, -0.1) is 0 Å². The fourth-order valence-electron chi connectivity index (χ4n) is 3.44. The van der Waals surface area contributed by atoms with E-state index >= 15 is 0 Å². The highest BCUT2D eigenvalue weighted by molar-refractivity contribution is 5.81. The zero-order valence-corrected chi connectivity index (χ0v) is 16.9. The van der Waals surface area contributed by atoms with Crippen molar-refractivity contribution in [1.82, 2.24) is 30.6 Å². The summed E-state index contributed by atoms with van der Waals surface area (Å²) in [5.41, 5.74) is 0. The molecule has 1 aliphatic carbocycles. The number of rotatable bonds is 10. The maximum Gasteiger partial charge on any atom is 0.223 e. The lowest BCUT2D eigenvalue weighted by Crippen LogP contribution is -2.39. The SMILES string of the molecule is O=C(NCCNc1cnccn1)C1CCC(C(=O)NCCNc2cnccn2)CC1. The largest absolute Gasteiger partial charge is 0.367 e. The Labute approximate surface area is 175 Å². The first kappa shape index (κ1) is 21.4. The number of amides is 2. The van der Waals surface area contributed by atoms with Crippen LogP contribution in [0.5, 0.6) is 0 Å². The molecule has 3 rings (SSSR count). The van der Waals surface area contributed by atoms with Crippen molar-refractivity contribution >= 4 is 23.5 Å². The summed E-state index contributed by atoms with van der Waals surface area (Å²) < 4.78 is 0. The van der Waals surface area contributed by atoms with E-state index in [1.807, 2.05) is 0 Å². The van der Waals surface area contributed by atoms with Crippen molar-refractivity contribution in [3.63, 3.8) is 0 Å². The van der Waals surface area contributed by atoms with Crippen molar-refractivity contribution < 1.29 is 9.59 Å². The molecular weight excluding hydrogens is 384 g/mol. The number of aromatic nitrogens is 4. The number of hydrogen-bond acceptors (Lipinski definition) is 8. The van der Waals surface area contributed by atoms with Gasteiger partial charge in [0.2, 0.25) is 11.8 Å². The quantitative estimate of drug-likeness (QED) is 0.422. The monoisotopic (exact) mass is 412 g/mol. The molecule has 160 valence electrons. The molecule has 0 atom stereocenters. The zero-order chi connectivity index (χ0) is 21.0. The Morgan fingerprint density at radius 1 is 0.700 bits per heavy atom. The van der Waals surface area contributed by atoms with Crippen LogP contribution in [-0.2, 0) is 9.59 Å². The van der Waals surface area contributed by atoms with E-state index in [1.54, 1.807) is 37.2 Å². The number of hydrogen-bond donors (Lipinski definition) is 4. The van der Waals surface area contributed by atoms with Gasteiger partial charge in [-0.2, -0.15) is 0 Å². The highest BCUT2D eigenvalue weighted by Gasteiger charge is 2.29. The molecule has 2 heterocycles. The van der Waals surface area contributed by atoms with Gasteiger partial charge in [0.05, 0.1) is 12.4 Å². The van der Waals surface area contributed by atoms with Crippen molar-refractivity contribution in [3.8, 4) is 0 Å². The minimum atomic E-state index is -0.0242. The smallest absolute Gasteiger partial charge is 0.223 e. The lowest BCUT2D eigenvalue weighted by atomic mass is 9.81. The second-order valence-electron chi connectivity index (χ2n) is 7.17. The van der Waals surface area contributed by atoms with Crippen LogP contribution in [0.25, 0.3) is 0 Å². The lowest BCUT2D eigenvalue weighted by molar-refractivity contribution is -0.130. The molecule has 1 saturated carbocycles. The Kier molecular flexibility index (Phi) is 8.31. The van der Waals surface area contributed by atoms with Crippen molar-refractivity contribution in [2.24, 2.45) is 11.8 Å². The molecule has 0 radical (unpaired) electrons. The molecule has 1 fully saturated rings. The minimum absolute atomic E-state index is 0.0242. The molecule has 0 spiro atoms. The number of carbonyl (C=O) groups excluding carboxylic acids is 2. The maximum absolute atomic E-state index is 12.3. The van der Waals surface area contributed by atoms with Crippen LogP contribution in [0.3, 0.4) is 0 Å². The van der Waals surface area contributed by atoms with Crippen molar-refractivity contribution in [1.29, 1.82) is 0 Å². The number of carbonyl (C=O) groups is 2. The van der Waals surface area contributed by atoms with Crippen LogP contribution in [-0.4, -0.2) is 57.9 Å². The molecule has 10 heteroatoms. The summed E-state index contributed by atoms with van der Waals surface area (Å²) in [5, 5.41) is 12.1. The Balaban J connectivity index is 1.26. The molecule has 30 heavy (non-hydrogen) atoms. The molecule has 4 N–H and O–H groups in total. The Morgan fingerprint density at radius 3 is 1.50 bits per heavy atom. The molecule has 0 aliphatic heterocycles. The molecule has 0 aromatic carbocycles. The molecule has 1 aliphatic rings. The molecular formula is C20H28N8O2. The first-order valence-corrected chi connectivity index (χ1v) is 10.3. The molecule has 2 amide bonds. The van der Waals surface area contributed by atoms with Crippen molar-refractivity contribution in [2.45, 2.75) is 25.7 Å². The van der Waals surface area contributed by atoms with Gasteiger partial charge in [0, 0.05) is 62.8 Å². The van der Waals surface area contributed by atoms with Gasteiger partial charge in [-0.25, -0.2) is 9.97 Å². The molecule has 2 aromatic rings. The van der Waals surface area contributed by atoms with Gasteiger partial charge in [0.1, 0.15) is 11.6 Å². The minimum Gasteiger partial charge on any atom is -0.367 e. The fraction of sp³-hybridized carbons (Fsp3) is 0.500. The molecule has 2 aromatic heterocycles. The van der Waals surface area contributed by atoms with Crippen LogP contribution in [0.2, 0.25) is 0 Å². The van der Waals surface area contributed by atoms with E-state index in [1.165, 1.54) is 0 Å². The predicted molar refractivity (Wildman–Crippen MR) is 113 cm³/mol. The summed E-state index contributed by atoms with van der Waals surface area (Å²) >= 11 is 0. The number of nitrogens with zero attached hydrogens (tertiary/aromatic N) is 4. The Bertz CT molecular complexity index is 714. The number of anilines is 2. The lowest BCUT2D eigenvalue weighted by Gasteiger charge is -2.27. The standard InChI is InChI=1S/C20H28N8O2/c29-19(27-11-9-25-17-13-21-5-7-23-17)15-1-2-16(4-3-15)20(30)28-12-10-26-18-14-22-6-8-24-18/h5-8,13-16H,1-4,9-12H2,(H,23,25)(H,24,26)(H,27,29)(H,28,30). The first-order valence-electron chi connectivity index (χ1n) is 10.3. The number of nitrogens with one attached hydrogen (secondary N) is 4. The van der Waals surface area contributed by atoms with Gasteiger partial charge in [-0.3, -0.25) is 19.6 Å². The molecule has 0 saturated heterocycles. The third-order valence-corrected chi connectivity index (χ3v) is 5.06. The van der Waals surface area contributed by atoms with E-state index in [9.17, 15) is 9.59 Å². The molecule has 0 unspecified atom stereocenters. The van der Waals surface area contributed by atoms with Gasteiger partial charge in [0.25, 0.3) is 0 Å². The molecule has 0 bridgehead atoms.